The lowest BCUT2D eigenvalue weighted by Gasteiger charge is -2.04. The normalized spacial score (nSPS) is 11.1. The Morgan fingerprint density at radius 1 is 1.09 bits per heavy atom. The first-order valence-corrected chi connectivity index (χ1v) is 6.94. The Morgan fingerprint density at radius 3 is 2.95 bits per heavy atom. The first kappa shape index (κ1) is 12.6. The van der Waals surface area contributed by atoms with Crippen LogP contribution in [0.1, 0.15) is 16.1 Å². The van der Waals surface area contributed by atoms with Crippen LogP contribution in [0.3, 0.4) is 0 Å². The summed E-state index contributed by atoms with van der Waals surface area (Å²) in [7, 11) is 0. The molecule has 0 aliphatic heterocycles. The van der Waals surface area contributed by atoms with E-state index in [9.17, 15) is 4.79 Å². The van der Waals surface area contributed by atoms with Gasteiger partial charge in [0.1, 0.15) is 17.7 Å². The minimum atomic E-state index is -0.211. The van der Waals surface area contributed by atoms with Gasteiger partial charge in [0.15, 0.2) is 0 Å². The summed E-state index contributed by atoms with van der Waals surface area (Å²) < 4.78 is 0. The molecule has 0 bridgehead atoms. The third-order valence-electron chi connectivity index (χ3n) is 3.68. The Bertz CT molecular complexity index is 969. The number of fused-ring (bicyclic) bond motifs is 2. The van der Waals surface area contributed by atoms with Gasteiger partial charge in [-0.2, -0.15) is 0 Å². The maximum atomic E-state index is 12.4. The SMILES string of the molecule is O=C(NCc1c[nH]c2ccccc12)c1ncnc2[nH]ccc12. The molecule has 4 rings (SSSR count). The largest absolute Gasteiger partial charge is 0.361 e. The molecule has 0 saturated carbocycles. The molecule has 1 amide bonds. The van der Waals surface area contributed by atoms with E-state index in [1.165, 1.54) is 6.33 Å². The number of carbonyl (C=O) groups excluding carboxylic acids is 1. The topological polar surface area (TPSA) is 86.5 Å². The molecule has 0 fully saturated rings. The van der Waals surface area contributed by atoms with Crippen LogP contribution in [0.4, 0.5) is 0 Å². The number of carbonyl (C=O) groups is 1. The molecule has 4 aromatic rings. The van der Waals surface area contributed by atoms with Gasteiger partial charge in [-0.1, -0.05) is 18.2 Å². The van der Waals surface area contributed by atoms with Gasteiger partial charge in [0.05, 0.1) is 5.39 Å². The van der Waals surface area contributed by atoms with Gasteiger partial charge in [-0.25, -0.2) is 9.97 Å². The number of rotatable bonds is 3. The summed E-state index contributed by atoms with van der Waals surface area (Å²) >= 11 is 0. The summed E-state index contributed by atoms with van der Waals surface area (Å²) in [5, 5.41) is 4.74. The van der Waals surface area contributed by atoms with Crippen LogP contribution >= 0.6 is 0 Å². The molecule has 6 nitrogen and oxygen atoms in total. The highest BCUT2D eigenvalue weighted by molar-refractivity contribution is 6.03. The number of aromatic nitrogens is 4. The standard InChI is InChI=1S/C16H13N5O/c22-16(14-12-5-6-17-15(12)21-9-20-14)19-8-10-7-18-13-4-2-1-3-11(10)13/h1-7,9,18H,8H2,(H,19,22)(H,17,20,21). The number of nitrogens with one attached hydrogen (secondary N) is 3. The van der Waals surface area contributed by atoms with Gasteiger partial charge in [-0.05, 0) is 17.7 Å². The molecule has 0 saturated heterocycles. The highest BCUT2D eigenvalue weighted by Gasteiger charge is 2.13. The summed E-state index contributed by atoms with van der Waals surface area (Å²) in [5.41, 5.74) is 3.14. The van der Waals surface area contributed by atoms with E-state index in [2.05, 4.69) is 25.3 Å². The number of H-pyrrole nitrogens is 2. The monoisotopic (exact) mass is 291 g/mol. The molecular weight excluding hydrogens is 278 g/mol. The second-order valence-electron chi connectivity index (χ2n) is 5.00. The van der Waals surface area contributed by atoms with Gasteiger partial charge in [-0.15, -0.1) is 0 Å². The number of para-hydroxylation sites is 1. The van der Waals surface area contributed by atoms with Crippen LogP contribution in [0.25, 0.3) is 21.9 Å². The van der Waals surface area contributed by atoms with Crippen molar-refractivity contribution in [3.05, 3.63) is 60.3 Å². The predicted octanol–water partition coefficient (Wildman–Crippen LogP) is 2.37. The average Bonchev–Trinajstić information content (AvgIpc) is 3.19. The first-order valence-electron chi connectivity index (χ1n) is 6.94. The van der Waals surface area contributed by atoms with E-state index in [0.717, 1.165) is 21.9 Å². The molecule has 3 N–H and O–H groups in total. The molecule has 0 unspecified atom stereocenters. The second kappa shape index (κ2) is 5.00. The fraction of sp³-hybridized carbons (Fsp3) is 0.0625. The van der Waals surface area contributed by atoms with E-state index in [1.54, 1.807) is 12.3 Å². The van der Waals surface area contributed by atoms with E-state index in [0.29, 0.717) is 17.9 Å². The molecular formula is C16H13N5O. The lowest BCUT2D eigenvalue weighted by Crippen LogP contribution is -2.24. The Morgan fingerprint density at radius 2 is 2.00 bits per heavy atom. The molecule has 0 aliphatic rings. The maximum absolute atomic E-state index is 12.4. The summed E-state index contributed by atoms with van der Waals surface area (Å²) in [5.74, 6) is -0.211. The molecule has 0 radical (unpaired) electrons. The van der Waals surface area contributed by atoms with Crippen molar-refractivity contribution in [3.8, 4) is 0 Å². The molecule has 0 spiro atoms. The molecule has 3 aromatic heterocycles. The van der Waals surface area contributed by atoms with E-state index < -0.39 is 0 Å². The van der Waals surface area contributed by atoms with Crippen molar-refractivity contribution in [2.45, 2.75) is 6.54 Å². The number of hydrogen-bond donors (Lipinski definition) is 3. The van der Waals surface area contributed by atoms with E-state index in [-0.39, 0.29) is 5.91 Å². The minimum Gasteiger partial charge on any atom is -0.361 e. The fourth-order valence-electron chi connectivity index (χ4n) is 2.59. The summed E-state index contributed by atoms with van der Waals surface area (Å²) in [6.45, 7) is 0.443. The number of benzene rings is 1. The Hall–Kier alpha value is -3.15. The van der Waals surface area contributed by atoms with Gasteiger partial charge in [0.25, 0.3) is 5.91 Å². The second-order valence-corrected chi connectivity index (χ2v) is 5.00. The zero-order chi connectivity index (χ0) is 14.9. The third kappa shape index (κ3) is 2.01. The zero-order valence-electron chi connectivity index (χ0n) is 11.6. The Balaban J connectivity index is 1.59. The van der Waals surface area contributed by atoms with Crippen LogP contribution < -0.4 is 5.32 Å². The highest BCUT2D eigenvalue weighted by Crippen LogP contribution is 2.18. The van der Waals surface area contributed by atoms with E-state index in [4.69, 9.17) is 0 Å². The van der Waals surface area contributed by atoms with Crippen molar-refractivity contribution in [1.82, 2.24) is 25.3 Å². The average molecular weight is 291 g/mol. The van der Waals surface area contributed by atoms with Gasteiger partial charge in [0.2, 0.25) is 0 Å². The Labute approximate surface area is 125 Å². The molecule has 3 heterocycles. The summed E-state index contributed by atoms with van der Waals surface area (Å²) in [6, 6.07) is 9.80. The summed E-state index contributed by atoms with van der Waals surface area (Å²) in [4.78, 5) is 26.7. The van der Waals surface area contributed by atoms with Crippen LogP contribution in [-0.4, -0.2) is 25.8 Å². The first-order chi connectivity index (χ1) is 10.8. The van der Waals surface area contributed by atoms with Crippen molar-refractivity contribution in [3.63, 3.8) is 0 Å². The lowest BCUT2D eigenvalue weighted by atomic mass is 10.2. The lowest BCUT2D eigenvalue weighted by molar-refractivity contribution is 0.0948. The van der Waals surface area contributed by atoms with E-state index >= 15 is 0 Å². The summed E-state index contributed by atoms with van der Waals surface area (Å²) in [6.07, 6.45) is 5.05. The van der Waals surface area contributed by atoms with Gasteiger partial charge in [-0.3, -0.25) is 4.79 Å². The fourth-order valence-corrected chi connectivity index (χ4v) is 2.59. The van der Waals surface area contributed by atoms with Crippen molar-refractivity contribution in [1.29, 1.82) is 0 Å². The van der Waals surface area contributed by atoms with Crippen LogP contribution in [0.15, 0.2) is 49.1 Å². The molecule has 1 aromatic carbocycles. The predicted molar refractivity (Wildman–Crippen MR) is 83.4 cm³/mol. The van der Waals surface area contributed by atoms with E-state index in [1.807, 2.05) is 30.5 Å². The van der Waals surface area contributed by atoms with Crippen LogP contribution in [-0.2, 0) is 6.54 Å². The molecule has 6 heteroatoms. The number of nitrogens with zero attached hydrogens (tertiary/aromatic N) is 2. The van der Waals surface area contributed by atoms with Crippen LogP contribution in [0, 0.1) is 0 Å². The molecule has 0 aliphatic carbocycles. The third-order valence-corrected chi connectivity index (χ3v) is 3.68. The maximum Gasteiger partial charge on any atom is 0.270 e. The number of amides is 1. The van der Waals surface area contributed by atoms with Crippen molar-refractivity contribution >= 4 is 27.8 Å². The zero-order valence-corrected chi connectivity index (χ0v) is 11.6. The van der Waals surface area contributed by atoms with Gasteiger partial charge in [0, 0.05) is 29.8 Å². The Kier molecular flexibility index (Phi) is 2.86. The molecule has 108 valence electrons. The minimum absolute atomic E-state index is 0.211. The number of aromatic amines is 2. The smallest absolute Gasteiger partial charge is 0.270 e. The van der Waals surface area contributed by atoms with Crippen molar-refractivity contribution < 1.29 is 4.79 Å². The van der Waals surface area contributed by atoms with Crippen LogP contribution in [0.5, 0.6) is 0 Å². The van der Waals surface area contributed by atoms with Gasteiger partial charge < -0.3 is 15.3 Å². The van der Waals surface area contributed by atoms with Crippen molar-refractivity contribution in [2.75, 3.05) is 0 Å². The number of hydrogen-bond acceptors (Lipinski definition) is 3. The molecule has 0 atom stereocenters. The quantitative estimate of drug-likeness (QED) is 0.541. The van der Waals surface area contributed by atoms with Crippen molar-refractivity contribution in [2.24, 2.45) is 0 Å². The van der Waals surface area contributed by atoms with Crippen LogP contribution in [0.2, 0.25) is 0 Å². The highest BCUT2D eigenvalue weighted by atomic mass is 16.1. The van der Waals surface area contributed by atoms with Gasteiger partial charge >= 0.3 is 0 Å². The molecule has 22 heavy (non-hydrogen) atoms.